The number of hydrogen-bond donors (Lipinski definition) is 1. The van der Waals surface area contributed by atoms with E-state index in [0.29, 0.717) is 18.8 Å². The van der Waals surface area contributed by atoms with Gasteiger partial charge in [-0.1, -0.05) is 0 Å². The van der Waals surface area contributed by atoms with E-state index in [-0.39, 0.29) is 19.0 Å². The Hall–Kier alpha value is -1.45. The Kier molecular flexibility index (Phi) is 3.37. The molecule has 0 radical (unpaired) electrons. The SMILES string of the molecule is Cn1cnc(C(=O)N2CCN(S(N)(=O)=O)CC2)c1. The number of nitrogens with two attached hydrogens (primary N) is 1. The fourth-order valence-electron chi connectivity index (χ4n) is 1.83. The predicted octanol–water partition coefficient (Wildman–Crippen LogP) is -1.62. The van der Waals surface area contributed by atoms with Crippen molar-refractivity contribution in [3.8, 4) is 0 Å². The number of carbonyl (C=O) groups excluding carboxylic acids is 1. The van der Waals surface area contributed by atoms with Gasteiger partial charge in [0.15, 0.2) is 0 Å². The summed E-state index contributed by atoms with van der Waals surface area (Å²) in [5, 5.41) is 5.03. The molecular formula is C9H15N5O3S. The topological polar surface area (TPSA) is 102 Å². The van der Waals surface area contributed by atoms with Crippen LogP contribution in [0.4, 0.5) is 0 Å². The van der Waals surface area contributed by atoms with Gasteiger partial charge in [0.1, 0.15) is 5.69 Å². The van der Waals surface area contributed by atoms with Crippen LogP contribution in [0.5, 0.6) is 0 Å². The second-order valence-corrected chi connectivity index (χ2v) is 5.71. The highest BCUT2D eigenvalue weighted by molar-refractivity contribution is 7.86. The van der Waals surface area contributed by atoms with Crippen molar-refractivity contribution in [2.75, 3.05) is 26.2 Å². The van der Waals surface area contributed by atoms with Crippen LogP contribution in [-0.2, 0) is 17.3 Å². The van der Waals surface area contributed by atoms with E-state index in [2.05, 4.69) is 4.98 Å². The molecule has 1 fully saturated rings. The number of amides is 1. The van der Waals surface area contributed by atoms with E-state index in [1.807, 2.05) is 0 Å². The first kappa shape index (κ1) is 13.0. The van der Waals surface area contributed by atoms with Crippen LogP contribution >= 0.6 is 0 Å². The van der Waals surface area contributed by atoms with Crippen LogP contribution in [0.2, 0.25) is 0 Å². The molecule has 8 nitrogen and oxygen atoms in total. The Morgan fingerprint density at radius 2 is 1.94 bits per heavy atom. The molecule has 1 aliphatic heterocycles. The number of imidazole rings is 1. The number of rotatable bonds is 2. The van der Waals surface area contributed by atoms with Crippen LogP contribution in [0.25, 0.3) is 0 Å². The first-order valence-corrected chi connectivity index (χ1v) is 6.93. The lowest BCUT2D eigenvalue weighted by molar-refractivity contribution is 0.0692. The first-order chi connectivity index (χ1) is 8.38. The Morgan fingerprint density at radius 3 is 2.39 bits per heavy atom. The van der Waals surface area contributed by atoms with E-state index in [1.54, 1.807) is 29.0 Å². The highest BCUT2D eigenvalue weighted by Crippen LogP contribution is 2.08. The highest BCUT2D eigenvalue weighted by Gasteiger charge is 2.27. The van der Waals surface area contributed by atoms with E-state index in [1.165, 1.54) is 0 Å². The third-order valence-corrected chi connectivity index (χ3v) is 3.89. The molecule has 0 bridgehead atoms. The molecule has 0 saturated carbocycles. The van der Waals surface area contributed by atoms with E-state index in [4.69, 9.17) is 5.14 Å². The van der Waals surface area contributed by atoms with Crippen molar-refractivity contribution in [2.45, 2.75) is 0 Å². The summed E-state index contributed by atoms with van der Waals surface area (Å²) in [6, 6.07) is 0. The standard InChI is InChI=1S/C9H15N5O3S/c1-12-6-8(11-7-12)9(15)13-2-4-14(5-3-13)18(10,16)17/h6-7H,2-5H2,1H3,(H2,10,16,17). The summed E-state index contributed by atoms with van der Waals surface area (Å²) in [5.41, 5.74) is 0.363. The van der Waals surface area contributed by atoms with Crippen LogP contribution in [-0.4, -0.2) is 59.3 Å². The van der Waals surface area contributed by atoms with E-state index < -0.39 is 10.2 Å². The third-order valence-electron chi connectivity index (χ3n) is 2.81. The summed E-state index contributed by atoms with van der Waals surface area (Å²) in [5.74, 6) is -0.190. The molecule has 0 aromatic carbocycles. The molecule has 1 aromatic rings. The van der Waals surface area contributed by atoms with Crippen molar-refractivity contribution in [1.82, 2.24) is 18.8 Å². The van der Waals surface area contributed by atoms with Gasteiger partial charge in [-0.2, -0.15) is 12.7 Å². The molecule has 2 heterocycles. The maximum Gasteiger partial charge on any atom is 0.277 e. The summed E-state index contributed by atoms with van der Waals surface area (Å²) in [6.45, 7) is 1.09. The zero-order valence-corrected chi connectivity index (χ0v) is 10.8. The molecule has 9 heteroatoms. The maximum atomic E-state index is 12.0. The lowest BCUT2D eigenvalue weighted by Crippen LogP contribution is -2.52. The Balaban J connectivity index is 2.00. The van der Waals surface area contributed by atoms with E-state index >= 15 is 0 Å². The molecule has 1 aliphatic rings. The quantitative estimate of drug-likeness (QED) is 0.699. The molecule has 0 spiro atoms. The van der Waals surface area contributed by atoms with Gasteiger partial charge in [-0.3, -0.25) is 4.79 Å². The van der Waals surface area contributed by atoms with Crippen molar-refractivity contribution in [1.29, 1.82) is 0 Å². The molecule has 2 N–H and O–H groups in total. The normalized spacial score (nSPS) is 18.0. The van der Waals surface area contributed by atoms with Crippen LogP contribution in [0.1, 0.15) is 10.5 Å². The molecular weight excluding hydrogens is 258 g/mol. The van der Waals surface area contributed by atoms with Crippen molar-refractivity contribution in [3.63, 3.8) is 0 Å². The lowest BCUT2D eigenvalue weighted by atomic mass is 10.3. The van der Waals surface area contributed by atoms with Gasteiger partial charge in [0, 0.05) is 39.4 Å². The minimum Gasteiger partial charge on any atom is -0.340 e. The summed E-state index contributed by atoms with van der Waals surface area (Å²) in [4.78, 5) is 17.6. The number of carbonyl (C=O) groups is 1. The minimum atomic E-state index is -3.66. The first-order valence-electron chi connectivity index (χ1n) is 5.43. The maximum absolute atomic E-state index is 12.0. The Bertz CT molecular complexity index is 544. The zero-order chi connectivity index (χ0) is 13.3. The summed E-state index contributed by atoms with van der Waals surface area (Å²) in [6.07, 6.45) is 3.18. The molecule has 2 rings (SSSR count). The zero-order valence-electron chi connectivity index (χ0n) is 9.98. The third kappa shape index (κ3) is 2.68. The van der Waals surface area contributed by atoms with E-state index in [0.717, 1.165) is 4.31 Å². The number of nitrogens with zero attached hydrogens (tertiary/aromatic N) is 4. The summed E-state index contributed by atoms with van der Waals surface area (Å²) >= 11 is 0. The van der Waals surface area contributed by atoms with Gasteiger partial charge >= 0.3 is 0 Å². The fourth-order valence-corrected chi connectivity index (χ4v) is 2.50. The van der Waals surface area contributed by atoms with Gasteiger partial charge in [-0.25, -0.2) is 10.1 Å². The average molecular weight is 273 g/mol. The molecule has 18 heavy (non-hydrogen) atoms. The van der Waals surface area contributed by atoms with Gasteiger partial charge in [0.2, 0.25) is 0 Å². The minimum absolute atomic E-state index is 0.190. The smallest absolute Gasteiger partial charge is 0.277 e. The van der Waals surface area contributed by atoms with Crippen molar-refractivity contribution < 1.29 is 13.2 Å². The highest BCUT2D eigenvalue weighted by atomic mass is 32.2. The largest absolute Gasteiger partial charge is 0.340 e. The molecule has 0 unspecified atom stereocenters. The van der Waals surface area contributed by atoms with Gasteiger partial charge in [-0.15, -0.1) is 0 Å². The number of aromatic nitrogens is 2. The Labute approximate surface area is 105 Å². The second kappa shape index (κ2) is 4.67. The molecule has 1 aromatic heterocycles. The van der Waals surface area contributed by atoms with Gasteiger partial charge in [0.05, 0.1) is 6.33 Å². The summed E-state index contributed by atoms with van der Waals surface area (Å²) < 4.78 is 25.1. The van der Waals surface area contributed by atoms with Crippen molar-refractivity contribution in [3.05, 3.63) is 18.2 Å². The molecule has 0 atom stereocenters. The van der Waals surface area contributed by atoms with Crippen LogP contribution in [0.15, 0.2) is 12.5 Å². The van der Waals surface area contributed by atoms with Crippen LogP contribution < -0.4 is 5.14 Å². The van der Waals surface area contributed by atoms with E-state index in [9.17, 15) is 13.2 Å². The molecule has 1 saturated heterocycles. The van der Waals surface area contributed by atoms with Gasteiger partial charge < -0.3 is 9.47 Å². The number of piperazine rings is 1. The lowest BCUT2D eigenvalue weighted by Gasteiger charge is -2.32. The molecule has 100 valence electrons. The molecule has 0 aliphatic carbocycles. The monoisotopic (exact) mass is 273 g/mol. The fraction of sp³-hybridized carbons (Fsp3) is 0.556. The van der Waals surface area contributed by atoms with Crippen LogP contribution in [0, 0.1) is 0 Å². The molecule has 1 amide bonds. The van der Waals surface area contributed by atoms with Gasteiger partial charge in [-0.05, 0) is 0 Å². The van der Waals surface area contributed by atoms with Crippen molar-refractivity contribution in [2.24, 2.45) is 12.2 Å². The average Bonchev–Trinajstić information content (AvgIpc) is 2.74. The second-order valence-electron chi connectivity index (χ2n) is 4.16. The number of hydrogen-bond acceptors (Lipinski definition) is 4. The van der Waals surface area contributed by atoms with Gasteiger partial charge in [0.25, 0.3) is 16.1 Å². The predicted molar refractivity (Wildman–Crippen MR) is 63.8 cm³/mol. The van der Waals surface area contributed by atoms with Crippen LogP contribution in [0.3, 0.4) is 0 Å². The van der Waals surface area contributed by atoms with Crippen molar-refractivity contribution >= 4 is 16.1 Å². The Morgan fingerprint density at radius 1 is 1.33 bits per heavy atom. The number of aryl methyl sites for hydroxylation is 1. The summed E-state index contributed by atoms with van der Waals surface area (Å²) in [7, 11) is -1.88.